The van der Waals surface area contributed by atoms with Gasteiger partial charge in [0.25, 0.3) is 0 Å². The zero-order chi connectivity index (χ0) is 15.5. The summed E-state index contributed by atoms with van der Waals surface area (Å²) >= 11 is 0. The van der Waals surface area contributed by atoms with Crippen LogP contribution in [0.1, 0.15) is 31.7 Å². The van der Waals surface area contributed by atoms with E-state index >= 15 is 0 Å². The van der Waals surface area contributed by atoms with Gasteiger partial charge in [-0.1, -0.05) is 12.1 Å². The highest BCUT2D eigenvalue weighted by molar-refractivity contribution is 6.02. The molecule has 2 heterocycles. The normalized spacial score (nSPS) is 17.6. The summed E-state index contributed by atoms with van der Waals surface area (Å²) < 4.78 is 0. The van der Waals surface area contributed by atoms with E-state index in [4.69, 9.17) is 0 Å². The van der Waals surface area contributed by atoms with Crippen LogP contribution in [0.4, 0.5) is 11.4 Å². The Morgan fingerprint density at radius 2 is 1.95 bits per heavy atom. The van der Waals surface area contributed by atoms with Gasteiger partial charge < -0.3 is 15.1 Å². The summed E-state index contributed by atoms with van der Waals surface area (Å²) in [7, 11) is 0. The first-order valence-corrected chi connectivity index (χ1v) is 8.07. The van der Waals surface area contributed by atoms with Crippen molar-refractivity contribution in [3.8, 4) is 0 Å². The molecule has 2 aliphatic rings. The first kappa shape index (κ1) is 15.0. The molecule has 2 aliphatic heterocycles. The Labute approximate surface area is 131 Å². The molecule has 118 valence electrons. The maximum atomic E-state index is 12.2. The molecule has 0 atom stereocenters. The third-order valence-electron chi connectivity index (χ3n) is 4.50. The summed E-state index contributed by atoms with van der Waals surface area (Å²) in [4.78, 5) is 28.0. The van der Waals surface area contributed by atoms with Gasteiger partial charge in [-0.25, -0.2) is 0 Å². The molecule has 0 aromatic heterocycles. The minimum atomic E-state index is 0.0238. The zero-order valence-corrected chi connectivity index (χ0v) is 13.1. The van der Waals surface area contributed by atoms with Crippen LogP contribution < -0.4 is 10.2 Å². The second kappa shape index (κ2) is 6.48. The summed E-state index contributed by atoms with van der Waals surface area (Å²) in [6, 6.07) is 5.85. The third kappa shape index (κ3) is 3.14. The van der Waals surface area contributed by atoms with Crippen LogP contribution in [-0.4, -0.2) is 42.9 Å². The van der Waals surface area contributed by atoms with Crippen molar-refractivity contribution in [2.45, 2.75) is 32.6 Å². The van der Waals surface area contributed by atoms with E-state index < -0.39 is 0 Å². The number of nitrogens with one attached hydrogen (secondary N) is 1. The Morgan fingerprint density at radius 3 is 2.68 bits per heavy atom. The molecular formula is C17H23N3O2. The zero-order valence-electron chi connectivity index (χ0n) is 13.1. The van der Waals surface area contributed by atoms with Crippen LogP contribution in [0.2, 0.25) is 0 Å². The molecule has 1 aromatic carbocycles. The van der Waals surface area contributed by atoms with Crippen molar-refractivity contribution in [3.05, 3.63) is 23.8 Å². The second-order valence-electron chi connectivity index (χ2n) is 6.08. The van der Waals surface area contributed by atoms with E-state index in [0.717, 1.165) is 43.0 Å². The summed E-state index contributed by atoms with van der Waals surface area (Å²) in [6.45, 7) is 5.29. The third-order valence-corrected chi connectivity index (χ3v) is 4.50. The minimum absolute atomic E-state index is 0.0238. The summed E-state index contributed by atoms with van der Waals surface area (Å²) in [5, 5.41) is 2.99. The van der Waals surface area contributed by atoms with Gasteiger partial charge >= 0.3 is 0 Å². The Kier molecular flexibility index (Phi) is 4.43. The molecule has 1 fully saturated rings. The Bertz CT molecular complexity index is 579. The number of carbonyl (C=O) groups is 2. The molecule has 5 heteroatoms. The minimum Gasteiger partial charge on any atom is -0.324 e. The van der Waals surface area contributed by atoms with E-state index in [1.807, 2.05) is 18.2 Å². The van der Waals surface area contributed by atoms with Gasteiger partial charge in [0.05, 0.1) is 11.4 Å². The molecule has 5 nitrogen and oxygen atoms in total. The second-order valence-corrected chi connectivity index (χ2v) is 6.08. The predicted molar refractivity (Wildman–Crippen MR) is 87.1 cm³/mol. The lowest BCUT2D eigenvalue weighted by Gasteiger charge is -2.19. The summed E-state index contributed by atoms with van der Waals surface area (Å²) in [5.74, 6) is 0.0493. The summed E-state index contributed by atoms with van der Waals surface area (Å²) in [6.07, 6.45) is 3.83. The number of rotatable bonds is 4. The molecule has 2 amide bonds. The van der Waals surface area contributed by atoms with Crippen LogP contribution >= 0.6 is 0 Å². The van der Waals surface area contributed by atoms with Crippen LogP contribution in [0.25, 0.3) is 0 Å². The Balaban J connectivity index is 1.66. The van der Waals surface area contributed by atoms with Gasteiger partial charge in [-0.3, -0.25) is 9.59 Å². The van der Waals surface area contributed by atoms with Gasteiger partial charge in [-0.05, 0) is 44.0 Å². The molecule has 22 heavy (non-hydrogen) atoms. The molecule has 0 radical (unpaired) electrons. The van der Waals surface area contributed by atoms with Gasteiger partial charge in [0.15, 0.2) is 0 Å². The van der Waals surface area contributed by atoms with Crippen molar-refractivity contribution in [2.24, 2.45) is 0 Å². The Morgan fingerprint density at radius 1 is 1.18 bits per heavy atom. The standard InChI is InChI=1S/C17H23N3O2/c1-13(21)20-12-7-14-5-4-6-15(17(14)20)18-16(22)8-11-19-9-2-3-10-19/h4-6H,2-3,7-12H2,1H3,(H,18,22). The van der Waals surface area contributed by atoms with E-state index in [0.29, 0.717) is 13.0 Å². The SMILES string of the molecule is CC(=O)N1CCc2cccc(NC(=O)CCN3CCCC3)c21. The van der Waals surface area contributed by atoms with Crippen molar-refractivity contribution >= 4 is 23.2 Å². The predicted octanol–water partition coefficient (Wildman–Crippen LogP) is 2.02. The number of nitrogens with zero attached hydrogens (tertiary/aromatic N) is 2. The molecule has 1 saturated heterocycles. The van der Waals surface area contributed by atoms with Crippen LogP contribution in [0.15, 0.2) is 18.2 Å². The molecule has 0 spiro atoms. The number of hydrogen-bond donors (Lipinski definition) is 1. The fourth-order valence-electron chi connectivity index (χ4n) is 3.35. The number of anilines is 2. The van der Waals surface area contributed by atoms with Crippen molar-refractivity contribution in [2.75, 3.05) is 36.4 Å². The van der Waals surface area contributed by atoms with Crippen LogP contribution in [0, 0.1) is 0 Å². The van der Waals surface area contributed by atoms with E-state index in [1.165, 1.54) is 12.8 Å². The van der Waals surface area contributed by atoms with Gasteiger partial charge in [0.2, 0.25) is 11.8 Å². The maximum absolute atomic E-state index is 12.2. The monoisotopic (exact) mass is 301 g/mol. The van der Waals surface area contributed by atoms with E-state index in [-0.39, 0.29) is 11.8 Å². The first-order valence-electron chi connectivity index (χ1n) is 8.07. The number of carbonyl (C=O) groups excluding carboxylic acids is 2. The van der Waals surface area contributed by atoms with Crippen LogP contribution in [-0.2, 0) is 16.0 Å². The van der Waals surface area contributed by atoms with Gasteiger partial charge in [-0.15, -0.1) is 0 Å². The van der Waals surface area contributed by atoms with Crippen LogP contribution in [0.3, 0.4) is 0 Å². The van der Waals surface area contributed by atoms with Crippen molar-refractivity contribution in [3.63, 3.8) is 0 Å². The van der Waals surface area contributed by atoms with E-state index in [9.17, 15) is 9.59 Å². The smallest absolute Gasteiger partial charge is 0.225 e. The van der Waals surface area contributed by atoms with Crippen molar-refractivity contribution in [1.82, 2.24) is 4.90 Å². The molecule has 0 bridgehead atoms. The van der Waals surface area contributed by atoms with E-state index in [2.05, 4.69) is 10.2 Å². The molecule has 0 unspecified atom stereocenters. The molecule has 3 rings (SSSR count). The van der Waals surface area contributed by atoms with Gasteiger partial charge in [0.1, 0.15) is 0 Å². The highest BCUT2D eigenvalue weighted by Gasteiger charge is 2.25. The highest BCUT2D eigenvalue weighted by Crippen LogP contribution is 2.35. The molecular weight excluding hydrogens is 278 g/mol. The topological polar surface area (TPSA) is 52.7 Å². The maximum Gasteiger partial charge on any atom is 0.225 e. The number of hydrogen-bond acceptors (Lipinski definition) is 3. The molecule has 1 aromatic rings. The lowest BCUT2D eigenvalue weighted by atomic mass is 10.1. The number of likely N-dealkylation sites (tertiary alicyclic amines) is 1. The fraction of sp³-hybridized carbons (Fsp3) is 0.529. The lowest BCUT2D eigenvalue weighted by Crippen LogP contribution is -2.28. The number of benzene rings is 1. The lowest BCUT2D eigenvalue weighted by molar-refractivity contribution is -0.117. The fourth-order valence-corrected chi connectivity index (χ4v) is 3.35. The van der Waals surface area contributed by atoms with Crippen molar-refractivity contribution in [1.29, 1.82) is 0 Å². The van der Waals surface area contributed by atoms with Crippen LogP contribution in [0.5, 0.6) is 0 Å². The summed E-state index contributed by atoms with van der Waals surface area (Å²) in [5.41, 5.74) is 2.77. The molecule has 0 aliphatic carbocycles. The van der Waals surface area contributed by atoms with Gasteiger partial charge in [0, 0.05) is 26.4 Å². The average Bonchev–Trinajstić information content (AvgIpc) is 3.15. The van der Waals surface area contributed by atoms with E-state index in [1.54, 1.807) is 11.8 Å². The highest BCUT2D eigenvalue weighted by atomic mass is 16.2. The number of para-hydroxylation sites is 1. The average molecular weight is 301 g/mol. The Hall–Kier alpha value is -1.88. The van der Waals surface area contributed by atoms with Crippen molar-refractivity contribution < 1.29 is 9.59 Å². The van der Waals surface area contributed by atoms with Gasteiger partial charge in [-0.2, -0.15) is 0 Å². The molecule has 1 N–H and O–H groups in total. The largest absolute Gasteiger partial charge is 0.324 e. The quantitative estimate of drug-likeness (QED) is 0.925. The number of amides is 2. The first-order chi connectivity index (χ1) is 10.6. The molecule has 0 saturated carbocycles. The number of fused-ring (bicyclic) bond motifs is 1.